The predicted octanol–water partition coefficient (Wildman–Crippen LogP) is 7.49. The molecule has 1 heterocycles. The van der Waals surface area contributed by atoms with Crippen molar-refractivity contribution in [3.8, 4) is 17.2 Å². The number of carbonyl (C=O) groups excluding carboxylic acids is 2. The highest BCUT2D eigenvalue weighted by Gasteiger charge is 2.37. The Bertz CT molecular complexity index is 1450. The van der Waals surface area contributed by atoms with E-state index in [4.69, 9.17) is 5.11 Å². The van der Waals surface area contributed by atoms with Gasteiger partial charge in [-0.1, -0.05) is 41.0 Å². The minimum atomic E-state index is -0.973. The van der Waals surface area contributed by atoms with Crippen molar-refractivity contribution in [3.63, 3.8) is 0 Å². The number of phenolic OH excluding ortho intramolecular Hbond substituents is 3. The molecule has 0 atom stereocenters. The first-order chi connectivity index (χ1) is 20.4. The lowest BCUT2D eigenvalue weighted by Gasteiger charge is -2.27. The number of aliphatic carboxylic acids is 1. The van der Waals surface area contributed by atoms with Gasteiger partial charge < -0.3 is 25.3 Å². The highest BCUT2D eigenvalue weighted by molar-refractivity contribution is 6.20. The van der Waals surface area contributed by atoms with Crippen LogP contribution in [0.15, 0.2) is 65.3 Å². The highest BCUT2D eigenvalue weighted by atomic mass is 16.4. The van der Waals surface area contributed by atoms with E-state index in [2.05, 4.69) is 32.9 Å². The fourth-order valence-electron chi connectivity index (χ4n) is 5.01. The summed E-state index contributed by atoms with van der Waals surface area (Å²) in [4.78, 5) is 41.0. The number of hydrogen-bond donors (Lipinski definition) is 4. The van der Waals surface area contributed by atoms with Crippen LogP contribution in [0, 0.1) is 0 Å². The molecule has 43 heavy (non-hydrogen) atoms. The average molecular weight is 591 g/mol. The molecule has 4 N–H and O–H groups in total. The summed E-state index contributed by atoms with van der Waals surface area (Å²) in [5.74, 6) is -3.10. The van der Waals surface area contributed by atoms with Gasteiger partial charge in [-0.05, 0) is 78.4 Å². The average Bonchev–Trinajstić information content (AvgIpc) is 3.02. The summed E-state index contributed by atoms with van der Waals surface area (Å²) >= 11 is 0. The molecule has 0 unspecified atom stereocenters. The number of allylic oxidation sites excluding steroid dienone is 5. The van der Waals surface area contributed by atoms with E-state index in [-0.39, 0.29) is 66.4 Å². The van der Waals surface area contributed by atoms with Crippen LogP contribution in [0.25, 0.3) is 0 Å². The van der Waals surface area contributed by atoms with Crippen molar-refractivity contribution in [1.29, 1.82) is 0 Å². The molecular formula is C34H42N2O7. The van der Waals surface area contributed by atoms with Crippen molar-refractivity contribution in [2.45, 2.75) is 79.1 Å². The number of carbonyl (C=O) groups is 3. The lowest BCUT2D eigenvalue weighted by atomic mass is 10.1. The Kier molecular flexibility index (Phi) is 11.6. The van der Waals surface area contributed by atoms with Gasteiger partial charge in [0.2, 0.25) is 5.91 Å². The third kappa shape index (κ3) is 8.73. The second-order valence-corrected chi connectivity index (χ2v) is 11.2. The lowest BCUT2D eigenvalue weighted by Crippen LogP contribution is -2.30. The number of phenols is 3. The number of unbranched alkanes of at least 4 members (excludes halogenated alkanes) is 1. The Hall–Kier alpha value is -4.53. The van der Waals surface area contributed by atoms with Gasteiger partial charge in [-0.3, -0.25) is 19.3 Å². The summed E-state index contributed by atoms with van der Waals surface area (Å²) in [6.45, 7) is 8.37. The fraction of sp³-hybridized carbons (Fsp3) is 0.382. The maximum atomic E-state index is 13.9. The largest absolute Gasteiger partial charge is 0.508 e. The van der Waals surface area contributed by atoms with Gasteiger partial charge in [0, 0.05) is 31.5 Å². The molecule has 0 saturated heterocycles. The van der Waals surface area contributed by atoms with Gasteiger partial charge in [0.25, 0.3) is 5.91 Å². The standard InChI is InChI=1S/C34H42N2O7/c1-22(2)10-7-11-23(3)12-8-13-24(4)18-19-35-27-20-25(37)21-29(39)33(27)36(30(40)16-5-6-17-31(41)42)32-26(34(35)43)14-9-15-28(32)38/h9-10,12,14-15,18,20-21,37-39H,5-8,11,13,16-17,19H2,1-4H3,(H,41,42)/b23-12+,24-18+. The van der Waals surface area contributed by atoms with Crippen molar-refractivity contribution in [2.24, 2.45) is 0 Å². The van der Waals surface area contributed by atoms with E-state index >= 15 is 0 Å². The topological polar surface area (TPSA) is 139 Å². The van der Waals surface area contributed by atoms with E-state index < -0.39 is 23.5 Å². The molecule has 3 rings (SSSR count). The summed E-state index contributed by atoms with van der Waals surface area (Å²) in [5.41, 5.74) is 3.70. The molecule has 9 heteroatoms. The van der Waals surface area contributed by atoms with E-state index in [1.165, 1.54) is 40.3 Å². The Morgan fingerprint density at radius 1 is 0.791 bits per heavy atom. The predicted molar refractivity (Wildman–Crippen MR) is 168 cm³/mol. The first-order valence-corrected chi connectivity index (χ1v) is 14.6. The van der Waals surface area contributed by atoms with E-state index in [1.54, 1.807) is 0 Å². The molecule has 1 aliphatic heterocycles. The quantitative estimate of drug-likeness (QED) is 0.140. The highest BCUT2D eigenvalue weighted by Crippen LogP contribution is 2.50. The molecule has 0 fully saturated rings. The van der Waals surface area contributed by atoms with Crippen LogP contribution >= 0.6 is 0 Å². The monoisotopic (exact) mass is 590 g/mol. The normalized spacial score (nSPS) is 13.3. The zero-order chi connectivity index (χ0) is 31.7. The van der Waals surface area contributed by atoms with Gasteiger partial charge in [0.05, 0.1) is 11.3 Å². The minimum Gasteiger partial charge on any atom is -0.508 e. The van der Waals surface area contributed by atoms with Gasteiger partial charge >= 0.3 is 5.97 Å². The second-order valence-electron chi connectivity index (χ2n) is 11.2. The van der Waals surface area contributed by atoms with Gasteiger partial charge in [0.15, 0.2) is 0 Å². The molecule has 0 radical (unpaired) electrons. The summed E-state index contributed by atoms with van der Waals surface area (Å²) in [6.07, 6.45) is 10.3. The van der Waals surface area contributed by atoms with Crippen molar-refractivity contribution in [3.05, 3.63) is 70.8 Å². The molecule has 0 saturated carbocycles. The number of para-hydroxylation sites is 1. The third-order valence-corrected chi connectivity index (χ3v) is 7.31. The first kappa shape index (κ1) is 33.0. The number of rotatable bonds is 13. The number of amides is 2. The summed E-state index contributed by atoms with van der Waals surface area (Å²) in [5, 5.41) is 41.2. The number of anilines is 3. The van der Waals surface area contributed by atoms with Crippen molar-refractivity contribution in [2.75, 3.05) is 16.3 Å². The van der Waals surface area contributed by atoms with Crippen LogP contribution in [0.3, 0.4) is 0 Å². The molecule has 2 amide bonds. The van der Waals surface area contributed by atoms with Gasteiger partial charge in [-0.15, -0.1) is 0 Å². The smallest absolute Gasteiger partial charge is 0.303 e. The summed E-state index contributed by atoms with van der Waals surface area (Å²) in [6, 6.07) is 6.73. The number of nitrogens with zero attached hydrogens (tertiary/aromatic N) is 2. The number of hydrogen-bond acceptors (Lipinski definition) is 6. The fourth-order valence-corrected chi connectivity index (χ4v) is 5.01. The number of carboxylic acids is 1. The van der Waals surface area contributed by atoms with Crippen LogP contribution in [0.2, 0.25) is 0 Å². The Labute approximate surface area is 253 Å². The SMILES string of the molecule is CC(C)=CCC/C(C)=C/CC/C(C)=C/CN1C(=O)c2cccc(O)c2N(C(=O)CCCCC(=O)O)c2c(O)cc(O)cc21. The zero-order valence-electron chi connectivity index (χ0n) is 25.4. The molecular weight excluding hydrogens is 548 g/mol. The van der Waals surface area contributed by atoms with Crippen molar-refractivity contribution >= 4 is 34.8 Å². The van der Waals surface area contributed by atoms with E-state index in [0.717, 1.165) is 42.2 Å². The van der Waals surface area contributed by atoms with E-state index in [0.29, 0.717) is 0 Å². The second kappa shape index (κ2) is 15.1. The van der Waals surface area contributed by atoms with Crippen LogP contribution in [0.5, 0.6) is 17.2 Å². The molecule has 0 aromatic heterocycles. The van der Waals surface area contributed by atoms with Gasteiger partial charge in [0.1, 0.15) is 28.6 Å². The molecule has 0 bridgehead atoms. The van der Waals surface area contributed by atoms with Crippen LogP contribution in [0.4, 0.5) is 17.1 Å². The Morgan fingerprint density at radius 2 is 1.44 bits per heavy atom. The van der Waals surface area contributed by atoms with Crippen LogP contribution in [0.1, 0.15) is 89.4 Å². The zero-order valence-corrected chi connectivity index (χ0v) is 25.4. The van der Waals surface area contributed by atoms with Crippen molar-refractivity contribution < 1.29 is 34.8 Å². The van der Waals surface area contributed by atoms with Gasteiger partial charge in [-0.2, -0.15) is 0 Å². The van der Waals surface area contributed by atoms with Crippen LogP contribution in [-0.2, 0) is 9.59 Å². The van der Waals surface area contributed by atoms with E-state index in [9.17, 15) is 29.7 Å². The third-order valence-electron chi connectivity index (χ3n) is 7.31. The number of fused-ring (bicyclic) bond motifs is 2. The lowest BCUT2D eigenvalue weighted by molar-refractivity contribution is -0.137. The Morgan fingerprint density at radius 3 is 2.12 bits per heavy atom. The number of carboxylic acid groups (broad SMARTS) is 1. The molecule has 2 aromatic carbocycles. The van der Waals surface area contributed by atoms with Crippen LogP contribution in [-0.4, -0.2) is 44.8 Å². The molecule has 230 valence electrons. The number of aromatic hydroxyl groups is 3. The van der Waals surface area contributed by atoms with Gasteiger partial charge in [-0.25, -0.2) is 0 Å². The van der Waals surface area contributed by atoms with Crippen LogP contribution < -0.4 is 9.80 Å². The molecule has 1 aliphatic rings. The minimum absolute atomic E-state index is 0.0457. The first-order valence-electron chi connectivity index (χ1n) is 14.6. The number of benzene rings is 2. The molecule has 9 nitrogen and oxygen atoms in total. The molecule has 0 aliphatic carbocycles. The summed E-state index contributed by atoms with van der Waals surface area (Å²) < 4.78 is 0. The van der Waals surface area contributed by atoms with Crippen molar-refractivity contribution in [1.82, 2.24) is 0 Å². The Balaban J connectivity index is 1.95. The molecule has 0 spiro atoms. The summed E-state index contributed by atoms with van der Waals surface area (Å²) in [7, 11) is 0. The molecule has 2 aromatic rings. The van der Waals surface area contributed by atoms with E-state index in [1.807, 2.05) is 13.0 Å². The maximum absolute atomic E-state index is 13.9. The maximum Gasteiger partial charge on any atom is 0.303 e.